The topological polar surface area (TPSA) is 12.9 Å². The molecular formula is C11H5Cl4N. The van der Waals surface area contributed by atoms with Crippen LogP contribution in [0.25, 0.3) is 11.1 Å². The van der Waals surface area contributed by atoms with Crippen molar-refractivity contribution in [3.63, 3.8) is 0 Å². The van der Waals surface area contributed by atoms with Crippen LogP contribution in [0.3, 0.4) is 0 Å². The standard InChI is InChI=1S/C11H5Cl4N/c12-8-2-1-7(10(14)11(8)15)6-3-4-16-9(13)5-6/h1-5H. The molecule has 0 spiro atoms. The summed E-state index contributed by atoms with van der Waals surface area (Å²) < 4.78 is 0. The molecule has 0 atom stereocenters. The van der Waals surface area contributed by atoms with Crippen molar-refractivity contribution in [2.45, 2.75) is 0 Å². The average Bonchev–Trinajstić information content (AvgIpc) is 2.26. The highest BCUT2D eigenvalue weighted by atomic mass is 35.5. The molecule has 0 radical (unpaired) electrons. The number of hydrogen-bond donors (Lipinski definition) is 0. The molecule has 0 fully saturated rings. The van der Waals surface area contributed by atoms with E-state index in [1.165, 1.54) is 0 Å². The molecule has 0 N–H and O–H groups in total. The predicted molar refractivity (Wildman–Crippen MR) is 69.7 cm³/mol. The van der Waals surface area contributed by atoms with E-state index in [2.05, 4.69) is 4.98 Å². The first-order valence-corrected chi connectivity index (χ1v) is 5.86. The number of halogens is 4. The number of hydrogen-bond acceptors (Lipinski definition) is 1. The van der Waals surface area contributed by atoms with Crippen molar-refractivity contribution in [3.8, 4) is 11.1 Å². The summed E-state index contributed by atoms with van der Waals surface area (Å²) >= 11 is 23.7. The van der Waals surface area contributed by atoms with Crippen molar-refractivity contribution < 1.29 is 0 Å². The van der Waals surface area contributed by atoms with Gasteiger partial charge in [-0.15, -0.1) is 0 Å². The zero-order valence-electron chi connectivity index (χ0n) is 7.85. The minimum atomic E-state index is 0.341. The third kappa shape index (κ3) is 2.28. The molecule has 0 saturated carbocycles. The van der Waals surface area contributed by atoms with Crippen LogP contribution in [0.15, 0.2) is 30.5 Å². The molecule has 1 aromatic heterocycles. The molecule has 16 heavy (non-hydrogen) atoms. The van der Waals surface area contributed by atoms with Crippen LogP contribution in [0.2, 0.25) is 20.2 Å². The summed E-state index contributed by atoms with van der Waals surface area (Å²) in [6.45, 7) is 0. The first-order valence-electron chi connectivity index (χ1n) is 4.35. The first-order chi connectivity index (χ1) is 7.59. The molecule has 0 aliphatic carbocycles. The lowest BCUT2D eigenvalue weighted by Crippen LogP contribution is -1.83. The van der Waals surface area contributed by atoms with E-state index < -0.39 is 0 Å². The largest absolute Gasteiger partial charge is 0.245 e. The fourth-order valence-electron chi connectivity index (χ4n) is 1.32. The first kappa shape index (κ1) is 12.0. The zero-order valence-corrected chi connectivity index (χ0v) is 10.9. The smallest absolute Gasteiger partial charge is 0.129 e. The number of aromatic nitrogens is 1. The highest BCUT2D eigenvalue weighted by Gasteiger charge is 2.10. The van der Waals surface area contributed by atoms with Crippen molar-refractivity contribution in [1.29, 1.82) is 0 Å². The molecule has 0 aliphatic rings. The van der Waals surface area contributed by atoms with E-state index >= 15 is 0 Å². The van der Waals surface area contributed by atoms with Gasteiger partial charge in [0.05, 0.1) is 15.1 Å². The Morgan fingerprint density at radius 2 is 1.62 bits per heavy atom. The van der Waals surface area contributed by atoms with Crippen LogP contribution in [0, 0.1) is 0 Å². The summed E-state index contributed by atoms with van der Waals surface area (Å²) in [6.07, 6.45) is 1.61. The van der Waals surface area contributed by atoms with Gasteiger partial charge in [-0.05, 0) is 23.8 Å². The van der Waals surface area contributed by atoms with Crippen molar-refractivity contribution in [2.75, 3.05) is 0 Å². The lowest BCUT2D eigenvalue weighted by molar-refractivity contribution is 1.33. The Hall–Kier alpha value is -0.470. The third-order valence-corrected chi connectivity index (χ3v) is 3.57. The summed E-state index contributed by atoms with van der Waals surface area (Å²) in [5.74, 6) is 0. The Morgan fingerprint density at radius 1 is 0.875 bits per heavy atom. The average molecular weight is 293 g/mol. The predicted octanol–water partition coefficient (Wildman–Crippen LogP) is 5.36. The van der Waals surface area contributed by atoms with Crippen LogP contribution in [-0.2, 0) is 0 Å². The molecule has 5 heteroatoms. The Balaban J connectivity index is 2.61. The van der Waals surface area contributed by atoms with Gasteiger partial charge in [0.2, 0.25) is 0 Å². The van der Waals surface area contributed by atoms with Crippen LogP contribution in [0.5, 0.6) is 0 Å². The van der Waals surface area contributed by atoms with Gasteiger partial charge < -0.3 is 0 Å². The van der Waals surface area contributed by atoms with Crippen LogP contribution >= 0.6 is 46.4 Å². The van der Waals surface area contributed by atoms with Crippen LogP contribution in [0.1, 0.15) is 0 Å². The van der Waals surface area contributed by atoms with Crippen molar-refractivity contribution in [1.82, 2.24) is 4.98 Å². The summed E-state index contributed by atoms with van der Waals surface area (Å²) in [6, 6.07) is 7.01. The van der Waals surface area contributed by atoms with Gasteiger partial charge in [-0.25, -0.2) is 4.98 Å². The monoisotopic (exact) mass is 291 g/mol. The summed E-state index contributed by atoms with van der Waals surface area (Å²) in [4.78, 5) is 3.90. The van der Waals surface area contributed by atoms with Crippen molar-refractivity contribution in [3.05, 3.63) is 50.7 Å². The molecule has 0 amide bonds. The van der Waals surface area contributed by atoms with Gasteiger partial charge in [0.1, 0.15) is 5.15 Å². The Kier molecular flexibility index (Phi) is 3.60. The van der Waals surface area contributed by atoms with Crippen molar-refractivity contribution >= 4 is 46.4 Å². The lowest BCUT2D eigenvalue weighted by Gasteiger charge is -2.07. The van der Waals surface area contributed by atoms with Crippen LogP contribution in [-0.4, -0.2) is 4.98 Å². The molecule has 1 heterocycles. The summed E-state index contributed by atoms with van der Waals surface area (Å²) in [7, 11) is 0. The van der Waals surface area contributed by atoms with Gasteiger partial charge in [0, 0.05) is 11.8 Å². The second-order valence-corrected chi connectivity index (χ2v) is 4.64. The molecule has 0 unspecified atom stereocenters. The van der Waals surface area contributed by atoms with E-state index in [0.717, 1.165) is 11.1 Å². The molecule has 1 aromatic carbocycles. The summed E-state index contributed by atoms with van der Waals surface area (Å²) in [5, 5.41) is 1.58. The maximum Gasteiger partial charge on any atom is 0.129 e. The zero-order chi connectivity index (χ0) is 11.7. The van der Waals surface area contributed by atoms with Gasteiger partial charge in [-0.1, -0.05) is 52.5 Å². The van der Waals surface area contributed by atoms with Gasteiger partial charge in [-0.3, -0.25) is 0 Å². The maximum absolute atomic E-state index is 6.11. The van der Waals surface area contributed by atoms with E-state index in [-0.39, 0.29) is 0 Å². The minimum absolute atomic E-state index is 0.341. The van der Waals surface area contributed by atoms with E-state index in [1.54, 1.807) is 30.5 Å². The number of benzene rings is 1. The summed E-state index contributed by atoms with van der Waals surface area (Å²) in [5.41, 5.74) is 1.63. The molecule has 82 valence electrons. The van der Waals surface area contributed by atoms with Gasteiger partial charge in [-0.2, -0.15) is 0 Å². The number of nitrogens with zero attached hydrogens (tertiary/aromatic N) is 1. The van der Waals surface area contributed by atoms with E-state index in [0.29, 0.717) is 20.2 Å². The number of rotatable bonds is 1. The molecule has 0 saturated heterocycles. The van der Waals surface area contributed by atoms with Crippen LogP contribution in [0.4, 0.5) is 0 Å². The van der Waals surface area contributed by atoms with E-state index in [9.17, 15) is 0 Å². The molecule has 2 aromatic rings. The van der Waals surface area contributed by atoms with Gasteiger partial charge in [0.25, 0.3) is 0 Å². The van der Waals surface area contributed by atoms with Gasteiger partial charge >= 0.3 is 0 Å². The van der Waals surface area contributed by atoms with Gasteiger partial charge in [0.15, 0.2) is 0 Å². The molecule has 1 nitrogen and oxygen atoms in total. The molecule has 0 bridgehead atoms. The number of pyridine rings is 1. The highest BCUT2D eigenvalue weighted by molar-refractivity contribution is 6.49. The Bertz CT molecular complexity index is 540. The normalized spacial score (nSPS) is 10.5. The highest BCUT2D eigenvalue weighted by Crippen LogP contribution is 2.38. The minimum Gasteiger partial charge on any atom is -0.245 e. The molecule has 2 rings (SSSR count). The van der Waals surface area contributed by atoms with Crippen molar-refractivity contribution in [2.24, 2.45) is 0 Å². The fraction of sp³-hybridized carbons (Fsp3) is 0. The fourth-order valence-corrected chi connectivity index (χ4v) is 2.14. The maximum atomic E-state index is 6.11. The van der Waals surface area contributed by atoms with E-state index in [1.807, 2.05) is 0 Å². The Morgan fingerprint density at radius 3 is 2.31 bits per heavy atom. The quantitative estimate of drug-likeness (QED) is 0.509. The molecular weight excluding hydrogens is 288 g/mol. The SMILES string of the molecule is Clc1cc(-c2ccc(Cl)c(Cl)c2Cl)ccn1. The molecule has 0 aliphatic heterocycles. The Labute approximate surface area is 113 Å². The van der Waals surface area contributed by atoms with Crippen LogP contribution < -0.4 is 0 Å². The second kappa shape index (κ2) is 4.80. The lowest BCUT2D eigenvalue weighted by atomic mass is 10.1. The second-order valence-electron chi connectivity index (χ2n) is 3.09. The third-order valence-electron chi connectivity index (χ3n) is 2.07. The van der Waals surface area contributed by atoms with E-state index in [4.69, 9.17) is 46.4 Å².